The highest BCUT2D eigenvalue weighted by Crippen LogP contribution is 2.32. The Balaban J connectivity index is 0.000000406. The zero-order valence-corrected chi connectivity index (χ0v) is 18.2. The summed E-state index contributed by atoms with van der Waals surface area (Å²) in [5.41, 5.74) is 2.06. The summed E-state index contributed by atoms with van der Waals surface area (Å²) in [6, 6.07) is 9.12. The minimum atomic E-state index is -5.08. The number of carboxylic acids is 1. The SMILES string of the molecule is COc1ccc(N2CCN(C(=O)n3nnc4ncccc43)CC2)c(OC)c1.O=C(O)C(F)(F)F. The Kier molecular flexibility index (Phi) is 7.38. The number of hydrogen-bond donors (Lipinski definition) is 1. The topological polar surface area (TPSA) is 123 Å². The summed E-state index contributed by atoms with van der Waals surface area (Å²) in [5.74, 6) is -1.26. The van der Waals surface area contributed by atoms with Gasteiger partial charge < -0.3 is 24.4 Å². The van der Waals surface area contributed by atoms with Gasteiger partial charge >= 0.3 is 18.2 Å². The van der Waals surface area contributed by atoms with Gasteiger partial charge in [0.15, 0.2) is 0 Å². The van der Waals surface area contributed by atoms with Gasteiger partial charge in [-0.15, -0.1) is 5.10 Å². The van der Waals surface area contributed by atoms with Gasteiger partial charge in [-0.05, 0) is 24.3 Å². The number of fused-ring (bicyclic) bond motifs is 1. The third kappa shape index (κ3) is 5.44. The summed E-state index contributed by atoms with van der Waals surface area (Å²) in [5, 5.41) is 15.0. The third-order valence-corrected chi connectivity index (χ3v) is 4.92. The van der Waals surface area contributed by atoms with E-state index in [1.807, 2.05) is 18.2 Å². The lowest BCUT2D eigenvalue weighted by Gasteiger charge is -2.36. The average molecular weight is 482 g/mol. The average Bonchev–Trinajstić information content (AvgIpc) is 3.27. The van der Waals surface area contributed by atoms with Crippen LogP contribution in [0, 0.1) is 0 Å². The third-order valence-electron chi connectivity index (χ3n) is 4.92. The van der Waals surface area contributed by atoms with Crippen LogP contribution in [-0.2, 0) is 4.79 Å². The van der Waals surface area contributed by atoms with Crippen molar-refractivity contribution >= 4 is 28.9 Å². The predicted molar refractivity (Wildman–Crippen MR) is 113 cm³/mol. The van der Waals surface area contributed by atoms with Crippen LogP contribution in [-0.4, -0.2) is 88.6 Å². The molecular formula is C20H21F3N6O5. The van der Waals surface area contributed by atoms with E-state index in [9.17, 15) is 18.0 Å². The Morgan fingerprint density at radius 2 is 1.74 bits per heavy atom. The molecule has 1 aliphatic heterocycles. The molecule has 1 fully saturated rings. The summed E-state index contributed by atoms with van der Waals surface area (Å²) < 4.78 is 43.8. The second kappa shape index (κ2) is 10.2. The van der Waals surface area contributed by atoms with E-state index in [1.54, 1.807) is 37.4 Å². The number of carbonyl (C=O) groups excluding carboxylic acids is 1. The molecule has 3 heterocycles. The Morgan fingerprint density at radius 3 is 2.32 bits per heavy atom. The van der Waals surface area contributed by atoms with E-state index in [-0.39, 0.29) is 6.03 Å². The van der Waals surface area contributed by atoms with E-state index in [0.29, 0.717) is 37.3 Å². The molecule has 14 heteroatoms. The summed E-state index contributed by atoms with van der Waals surface area (Å²) in [6.07, 6.45) is -3.45. The van der Waals surface area contributed by atoms with E-state index in [2.05, 4.69) is 20.2 Å². The van der Waals surface area contributed by atoms with E-state index in [0.717, 1.165) is 17.2 Å². The largest absolute Gasteiger partial charge is 0.497 e. The first-order valence-corrected chi connectivity index (χ1v) is 9.88. The number of methoxy groups -OCH3 is 2. The van der Waals surface area contributed by atoms with Crippen LogP contribution in [0.3, 0.4) is 0 Å². The number of pyridine rings is 1. The van der Waals surface area contributed by atoms with Crippen LogP contribution < -0.4 is 14.4 Å². The van der Waals surface area contributed by atoms with Crippen LogP contribution >= 0.6 is 0 Å². The highest BCUT2D eigenvalue weighted by Gasteiger charge is 2.38. The molecule has 1 aliphatic rings. The number of anilines is 1. The van der Waals surface area contributed by atoms with Gasteiger partial charge in [0.05, 0.1) is 19.9 Å². The molecule has 0 radical (unpaired) electrons. The van der Waals surface area contributed by atoms with Gasteiger partial charge in [-0.1, -0.05) is 5.21 Å². The van der Waals surface area contributed by atoms with Gasteiger partial charge in [0.25, 0.3) is 0 Å². The standard InChI is InChI=1S/C18H20N6O3.C2HF3O2/c1-26-13-5-6-14(16(12-13)27-2)22-8-10-23(11-9-22)18(25)24-15-4-3-7-19-17(15)20-21-24;3-2(4,5)1(6)7/h3-7,12H,8-11H2,1-2H3;(H,6,7). The fraction of sp³-hybridized carbons (Fsp3) is 0.350. The molecule has 4 rings (SSSR count). The van der Waals surface area contributed by atoms with Crippen LogP contribution in [0.4, 0.5) is 23.7 Å². The van der Waals surface area contributed by atoms with Crippen molar-refractivity contribution in [2.24, 2.45) is 0 Å². The lowest BCUT2D eigenvalue weighted by molar-refractivity contribution is -0.192. The van der Waals surface area contributed by atoms with Gasteiger partial charge in [0.2, 0.25) is 5.65 Å². The van der Waals surface area contributed by atoms with Crippen LogP contribution in [0.15, 0.2) is 36.5 Å². The van der Waals surface area contributed by atoms with Crippen LogP contribution in [0.5, 0.6) is 11.5 Å². The number of aliphatic carboxylic acids is 1. The molecule has 0 unspecified atom stereocenters. The van der Waals surface area contributed by atoms with Gasteiger partial charge in [-0.2, -0.15) is 17.9 Å². The molecule has 3 aromatic rings. The zero-order chi connectivity index (χ0) is 24.9. The number of halogens is 3. The number of nitrogens with zero attached hydrogens (tertiary/aromatic N) is 6. The number of hydrogen-bond acceptors (Lipinski definition) is 8. The molecule has 1 N–H and O–H groups in total. The maximum absolute atomic E-state index is 12.8. The normalized spacial score (nSPS) is 13.8. The molecule has 0 spiro atoms. The molecule has 0 aliphatic carbocycles. The number of rotatable bonds is 3. The fourth-order valence-corrected chi connectivity index (χ4v) is 3.23. The van der Waals surface area contributed by atoms with Gasteiger partial charge in [-0.3, -0.25) is 0 Å². The number of aromatic nitrogens is 4. The summed E-state index contributed by atoms with van der Waals surface area (Å²) in [7, 11) is 3.27. The Bertz CT molecular complexity index is 1160. The van der Waals surface area contributed by atoms with Crippen molar-refractivity contribution in [1.29, 1.82) is 0 Å². The van der Waals surface area contributed by atoms with Crippen molar-refractivity contribution in [3.8, 4) is 11.5 Å². The van der Waals surface area contributed by atoms with E-state index >= 15 is 0 Å². The van der Waals surface area contributed by atoms with Crippen LogP contribution in [0.25, 0.3) is 11.2 Å². The first-order valence-electron chi connectivity index (χ1n) is 9.88. The lowest BCUT2D eigenvalue weighted by atomic mass is 10.2. The molecule has 0 atom stereocenters. The molecule has 1 saturated heterocycles. The Hall–Kier alpha value is -4.10. The number of piperazine rings is 1. The fourth-order valence-electron chi connectivity index (χ4n) is 3.23. The molecule has 0 saturated carbocycles. The highest BCUT2D eigenvalue weighted by atomic mass is 19.4. The van der Waals surface area contributed by atoms with Crippen molar-refractivity contribution < 1.29 is 37.3 Å². The number of carboxylic acid groups (broad SMARTS) is 1. The zero-order valence-electron chi connectivity index (χ0n) is 18.2. The minimum absolute atomic E-state index is 0.188. The van der Waals surface area contributed by atoms with Gasteiger partial charge in [0, 0.05) is 38.4 Å². The second-order valence-corrected chi connectivity index (χ2v) is 6.94. The van der Waals surface area contributed by atoms with E-state index < -0.39 is 12.1 Å². The molecule has 1 aromatic carbocycles. The quantitative estimate of drug-likeness (QED) is 0.599. The first kappa shape index (κ1) is 24.5. The maximum Gasteiger partial charge on any atom is 0.490 e. The molecule has 1 amide bonds. The molecule has 182 valence electrons. The van der Waals surface area contributed by atoms with Crippen molar-refractivity contribution in [3.05, 3.63) is 36.5 Å². The summed E-state index contributed by atoms with van der Waals surface area (Å²) in [6.45, 7) is 2.55. The van der Waals surface area contributed by atoms with Crippen LogP contribution in [0.1, 0.15) is 0 Å². The van der Waals surface area contributed by atoms with Gasteiger partial charge in [0.1, 0.15) is 17.0 Å². The molecule has 11 nitrogen and oxygen atoms in total. The number of alkyl halides is 3. The van der Waals surface area contributed by atoms with E-state index in [4.69, 9.17) is 19.4 Å². The highest BCUT2D eigenvalue weighted by molar-refractivity contribution is 5.86. The maximum atomic E-state index is 12.8. The predicted octanol–water partition coefficient (Wildman–Crippen LogP) is 2.27. The Morgan fingerprint density at radius 1 is 1.06 bits per heavy atom. The Labute approximate surface area is 191 Å². The number of amides is 1. The van der Waals surface area contributed by atoms with Gasteiger partial charge in [-0.25, -0.2) is 14.6 Å². The first-order chi connectivity index (χ1) is 16.2. The molecular weight excluding hydrogens is 461 g/mol. The van der Waals surface area contributed by atoms with Crippen molar-refractivity contribution in [3.63, 3.8) is 0 Å². The number of carbonyl (C=O) groups is 2. The van der Waals surface area contributed by atoms with Crippen LogP contribution in [0.2, 0.25) is 0 Å². The van der Waals surface area contributed by atoms with Crippen molar-refractivity contribution in [2.45, 2.75) is 6.18 Å². The van der Waals surface area contributed by atoms with E-state index in [1.165, 1.54) is 4.68 Å². The molecule has 0 bridgehead atoms. The lowest BCUT2D eigenvalue weighted by Crippen LogP contribution is -2.50. The monoisotopic (exact) mass is 482 g/mol. The van der Waals surface area contributed by atoms with Crippen molar-refractivity contribution in [1.82, 2.24) is 24.9 Å². The smallest absolute Gasteiger partial charge is 0.490 e. The molecule has 2 aromatic heterocycles. The number of ether oxygens (including phenoxy) is 2. The van der Waals surface area contributed by atoms with Crippen molar-refractivity contribution in [2.75, 3.05) is 45.3 Å². The molecule has 34 heavy (non-hydrogen) atoms. The number of benzene rings is 1. The second-order valence-electron chi connectivity index (χ2n) is 6.94. The summed E-state index contributed by atoms with van der Waals surface area (Å²) >= 11 is 0. The minimum Gasteiger partial charge on any atom is -0.497 e. The summed E-state index contributed by atoms with van der Waals surface area (Å²) in [4.78, 5) is 29.8.